The van der Waals surface area contributed by atoms with Crippen LogP contribution in [0.4, 0.5) is 0 Å². The molecule has 0 fully saturated rings. The van der Waals surface area contributed by atoms with Crippen LogP contribution in [0.25, 0.3) is 0 Å². The number of hydrazone groups is 1. The SMILES string of the molecule is CCCOc1ccc(/C=N/NS(=O)(=O)c2c(C)cc(C)cc2C)cc1Br. The standard InChI is InChI=1S/C19H23BrN2O3S/c1-5-8-25-18-7-6-16(11-17(18)20)12-21-22-26(23,24)19-14(3)9-13(2)10-15(19)4/h6-7,9-12,22H,5,8H2,1-4H3/b21-12+. The Morgan fingerprint density at radius 3 is 2.38 bits per heavy atom. The highest BCUT2D eigenvalue weighted by molar-refractivity contribution is 9.10. The lowest BCUT2D eigenvalue weighted by molar-refractivity contribution is 0.315. The molecule has 0 unspecified atom stereocenters. The largest absolute Gasteiger partial charge is 0.492 e. The molecular formula is C19H23BrN2O3S. The molecule has 1 N–H and O–H groups in total. The lowest BCUT2D eigenvalue weighted by atomic mass is 10.1. The molecular weight excluding hydrogens is 416 g/mol. The third kappa shape index (κ3) is 5.08. The minimum atomic E-state index is -3.72. The molecule has 2 rings (SSSR count). The molecule has 26 heavy (non-hydrogen) atoms. The van der Waals surface area contributed by atoms with Crippen molar-refractivity contribution >= 4 is 32.2 Å². The fourth-order valence-corrected chi connectivity index (χ4v) is 4.49. The number of benzene rings is 2. The van der Waals surface area contributed by atoms with E-state index in [4.69, 9.17) is 4.74 Å². The summed E-state index contributed by atoms with van der Waals surface area (Å²) in [6.07, 6.45) is 2.39. The molecule has 0 amide bonds. The van der Waals surface area contributed by atoms with Crippen LogP contribution in [0.3, 0.4) is 0 Å². The molecule has 0 aliphatic rings. The number of sulfonamides is 1. The summed E-state index contributed by atoms with van der Waals surface area (Å²) in [4.78, 5) is 2.56. The molecule has 0 radical (unpaired) electrons. The Balaban J connectivity index is 2.16. The summed E-state index contributed by atoms with van der Waals surface area (Å²) in [5.41, 5.74) is 3.18. The number of nitrogens with one attached hydrogen (secondary N) is 1. The minimum Gasteiger partial charge on any atom is -0.492 e. The van der Waals surface area contributed by atoms with Gasteiger partial charge in [-0.05, 0) is 78.0 Å². The lowest BCUT2D eigenvalue weighted by Crippen LogP contribution is -2.20. The Morgan fingerprint density at radius 1 is 1.15 bits per heavy atom. The van der Waals surface area contributed by atoms with Crippen molar-refractivity contribution in [3.05, 3.63) is 57.1 Å². The van der Waals surface area contributed by atoms with Crippen LogP contribution in [0.1, 0.15) is 35.6 Å². The van der Waals surface area contributed by atoms with Crippen LogP contribution >= 0.6 is 15.9 Å². The zero-order valence-corrected chi connectivity index (χ0v) is 17.7. The topological polar surface area (TPSA) is 67.8 Å². The summed E-state index contributed by atoms with van der Waals surface area (Å²) in [6, 6.07) is 9.15. The van der Waals surface area contributed by atoms with E-state index in [1.165, 1.54) is 6.21 Å². The van der Waals surface area contributed by atoms with Crippen molar-refractivity contribution in [1.82, 2.24) is 4.83 Å². The second kappa shape index (κ2) is 8.68. The fraction of sp³-hybridized carbons (Fsp3) is 0.316. The summed E-state index contributed by atoms with van der Waals surface area (Å²) in [5, 5.41) is 3.90. The van der Waals surface area contributed by atoms with Crippen LogP contribution in [0.5, 0.6) is 5.75 Å². The number of nitrogens with zero attached hydrogens (tertiary/aromatic N) is 1. The molecule has 0 saturated heterocycles. The van der Waals surface area contributed by atoms with Crippen LogP contribution < -0.4 is 9.57 Å². The van der Waals surface area contributed by atoms with Crippen molar-refractivity contribution in [1.29, 1.82) is 0 Å². The van der Waals surface area contributed by atoms with Gasteiger partial charge in [-0.25, -0.2) is 4.83 Å². The highest BCUT2D eigenvalue weighted by Gasteiger charge is 2.19. The predicted molar refractivity (Wildman–Crippen MR) is 108 cm³/mol. The number of hydrogen-bond donors (Lipinski definition) is 1. The zero-order valence-electron chi connectivity index (χ0n) is 15.3. The molecule has 7 heteroatoms. The molecule has 0 aliphatic heterocycles. The van der Waals surface area contributed by atoms with Gasteiger partial charge in [-0.15, -0.1) is 0 Å². The van der Waals surface area contributed by atoms with Gasteiger partial charge in [0.05, 0.1) is 22.2 Å². The first kappa shape index (κ1) is 20.5. The average Bonchev–Trinajstić information content (AvgIpc) is 2.52. The molecule has 0 aliphatic carbocycles. The highest BCUT2D eigenvalue weighted by atomic mass is 79.9. The first-order valence-corrected chi connectivity index (χ1v) is 10.6. The van der Waals surface area contributed by atoms with E-state index in [9.17, 15) is 8.42 Å². The first-order chi connectivity index (χ1) is 12.2. The molecule has 0 aromatic heterocycles. The van der Waals surface area contributed by atoms with Crippen molar-refractivity contribution in [3.8, 4) is 5.75 Å². The van der Waals surface area contributed by atoms with Crippen LogP contribution in [-0.2, 0) is 10.0 Å². The predicted octanol–water partition coefficient (Wildman–Crippen LogP) is 4.48. The number of halogens is 1. The van der Waals surface area contributed by atoms with E-state index in [2.05, 4.69) is 25.9 Å². The van der Waals surface area contributed by atoms with Gasteiger partial charge in [0, 0.05) is 0 Å². The summed E-state index contributed by atoms with van der Waals surface area (Å²) in [7, 11) is -3.72. The van der Waals surface area contributed by atoms with E-state index in [1.807, 2.05) is 44.2 Å². The third-order valence-electron chi connectivity index (χ3n) is 3.68. The van der Waals surface area contributed by atoms with Gasteiger partial charge >= 0.3 is 0 Å². The molecule has 2 aromatic carbocycles. The molecule has 2 aromatic rings. The Morgan fingerprint density at radius 2 is 1.81 bits per heavy atom. The molecule has 140 valence electrons. The second-order valence-electron chi connectivity index (χ2n) is 6.12. The van der Waals surface area contributed by atoms with Crippen LogP contribution in [0.15, 0.2) is 44.8 Å². The van der Waals surface area contributed by atoms with Crippen molar-refractivity contribution in [2.75, 3.05) is 6.61 Å². The maximum Gasteiger partial charge on any atom is 0.277 e. The van der Waals surface area contributed by atoms with Crippen LogP contribution in [-0.4, -0.2) is 21.2 Å². The fourth-order valence-electron chi connectivity index (χ4n) is 2.73. The molecule has 0 saturated carbocycles. The summed E-state index contributed by atoms with van der Waals surface area (Å²) in [6.45, 7) is 8.18. The Labute approximate surface area is 163 Å². The maximum atomic E-state index is 12.6. The lowest BCUT2D eigenvalue weighted by Gasteiger charge is -2.11. The van der Waals surface area contributed by atoms with Crippen molar-refractivity contribution in [3.63, 3.8) is 0 Å². The number of ether oxygens (including phenoxy) is 1. The van der Waals surface area contributed by atoms with Gasteiger partial charge in [0.15, 0.2) is 0 Å². The zero-order chi connectivity index (χ0) is 19.3. The minimum absolute atomic E-state index is 0.268. The Bertz CT molecular complexity index is 901. The van der Waals surface area contributed by atoms with E-state index < -0.39 is 10.0 Å². The van der Waals surface area contributed by atoms with Gasteiger partial charge < -0.3 is 4.74 Å². The van der Waals surface area contributed by atoms with E-state index in [1.54, 1.807) is 13.8 Å². The van der Waals surface area contributed by atoms with E-state index >= 15 is 0 Å². The van der Waals surface area contributed by atoms with Crippen molar-refractivity contribution < 1.29 is 13.2 Å². The molecule has 5 nitrogen and oxygen atoms in total. The molecule has 0 heterocycles. The Kier molecular flexibility index (Phi) is 6.83. The second-order valence-corrected chi connectivity index (χ2v) is 8.57. The van der Waals surface area contributed by atoms with Gasteiger partial charge in [0.2, 0.25) is 0 Å². The van der Waals surface area contributed by atoms with Crippen molar-refractivity contribution in [2.45, 2.75) is 39.0 Å². The van der Waals surface area contributed by atoms with Gasteiger partial charge in [0.25, 0.3) is 10.0 Å². The first-order valence-electron chi connectivity index (χ1n) is 8.29. The monoisotopic (exact) mass is 438 g/mol. The van der Waals surface area contributed by atoms with E-state index in [0.717, 1.165) is 27.8 Å². The summed E-state index contributed by atoms with van der Waals surface area (Å²) < 4.78 is 31.5. The number of aryl methyl sites for hydroxylation is 3. The van der Waals surface area contributed by atoms with Crippen LogP contribution in [0, 0.1) is 20.8 Å². The quantitative estimate of drug-likeness (QED) is 0.511. The summed E-state index contributed by atoms with van der Waals surface area (Å²) >= 11 is 3.45. The normalized spacial score (nSPS) is 11.7. The third-order valence-corrected chi connectivity index (χ3v) is 5.82. The van der Waals surface area contributed by atoms with Gasteiger partial charge in [0.1, 0.15) is 5.75 Å². The average molecular weight is 439 g/mol. The van der Waals surface area contributed by atoms with Gasteiger partial charge in [-0.1, -0.05) is 24.6 Å². The van der Waals surface area contributed by atoms with E-state index in [0.29, 0.717) is 17.7 Å². The maximum absolute atomic E-state index is 12.6. The van der Waals surface area contributed by atoms with Crippen molar-refractivity contribution in [2.24, 2.45) is 5.10 Å². The highest BCUT2D eigenvalue weighted by Crippen LogP contribution is 2.26. The number of hydrogen-bond acceptors (Lipinski definition) is 4. The van der Waals surface area contributed by atoms with Gasteiger partial charge in [-0.2, -0.15) is 13.5 Å². The number of rotatable bonds is 7. The smallest absolute Gasteiger partial charge is 0.277 e. The molecule has 0 atom stereocenters. The molecule has 0 spiro atoms. The molecule has 0 bridgehead atoms. The van der Waals surface area contributed by atoms with Gasteiger partial charge in [-0.3, -0.25) is 0 Å². The Hall–Kier alpha value is -1.86. The summed E-state index contributed by atoms with van der Waals surface area (Å²) in [5.74, 6) is 0.746. The van der Waals surface area contributed by atoms with Crippen LogP contribution in [0.2, 0.25) is 0 Å². The van der Waals surface area contributed by atoms with E-state index in [-0.39, 0.29) is 4.90 Å².